The van der Waals surface area contributed by atoms with Gasteiger partial charge in [0.15, 0.2) is 5.78 Å². The van der Waals surface area contributed by atoms with E-state index in [1.165, 1.54) is 28.2 Å². The fraction of sp³-hybridized carbons (Fsp3) is 0.524. The predicted octanol–water partition coefficient (Wildman–Crippen LogP) is 1.47. The van der Waals surface area contributed by atoms with Crippen LogP contribution >= 0.6 is 11.8 Å². The number of nitrogens with zero attached hydrogens (tertiary/aromatic N) is 4. The van der Waals surface area contributed by atoms with Crippen LogP contribution in [0.3, 0.4) is 0 Å². The number of anilines is 1. The molecular formula is C21H29N5O5S2. The number of carbonyl (C=O) groups is 1. The molecule has 1 fully saturated rings. The van der Waals surface area contributed by atoms with Crippen molar-refractivity contribution in [2.45, 2.75) is 55.5 Å². The minimum absolute atomic E-state index is 0.116. The van der Waals surface area contributed by atoms with Crippen LogP contribution in [0.4, 0.5) is 5.82 Å². The lowest BCUT2D eigenvalue weighted by molar-refractivity contribution is 0.102. The van der Waals surface area contributed by atoms with Gasteiger partial charge in [0.2, 0.25) is 10.0 Å². The normalized spacial score (nSPS) is 15.3. The van der Waals surface area contributed by atoms with Crippen molar-refractivity contribution >= 4 is 33.4 Å². The number of nitrogen functional groups attached to an aromatic ring is 1. The van der Waals surface area contributed by atoms with E-state index in [1.807, 2.05) is 6.92 Å². The molecule has 1 aliphatic rings. The molecule has 0 aromatic carbocycles. The van der Waals surface area contributed by atoms with Gasteiger partial charge in [0.1, 0.15) is 16.3 Å². The first-order valence-corrected chi connectivity index (χ1v) is 13.3. The fourth-order valence-corrected chi connectivity index (χ4v) is 5.91. The molecule has 2 N–H and O–H groups in total. The smallest absolute Gasteiger partial charge is 0.332 e. The van der Waals surface area contributed by atoms with Gasteiger partial charge in [-0.15, -0.1) is 0 Å². The van der Waals surface area contributed by atoms with Gasteiger partial charge in [0.05, 0.1) is 10.8 Å². The van der Waals surface area contributed by atoms with E-state index in [4.69, 9.17) is 5.73 Å². The highest BCUT2D eigenvalue weighted by molar-refractivity contribution is 7.99. The van der Waals surface area contributed by atoms with Crippen molar-refractivity contribution < 1.29 is 13.2 Å². The van der Waals surface area contributed by atoms with Gasteiger partial charge in [0.25, 0.3) is 5.56 Å². The van der Waals surface area contributed by atoms with Gasteiger partial charge in [0, 0.05) is 32.9 Å². The number of thioether (sulfide) groups is 1. The lowest BCUT2D eigenvalue weighted by atomic mass is 10.2. The third-order valence-corrected chi connectivity index (χ3v) is 8.40. The molecule has 12 heteroatoms. The zero-order chi connectivity index (χ0) is 24.2. The number of Topliss-reactive ketones (excluding diaryl/α,β-unsaturated/α-hetero) is 1. The van der Waals surface area contributed by atoms with Gasteiger partial charge in [-0.25, -0.2) is 18.2 Å². The largest absolute Gasteiger partial charge is 0.384 e. The van der Waals surface area contributed by atoms with E-state index in [-0.39, 0.29) is 22.0 Å². The maximum absolute atomic E-state index is 12.9. The first-order chi connectivity index (χ1) is 15.7. The van der Waals surface area contributed by atoms with Crippen molar-refractivity contribution in [3.05, 3.63) is 44.7 Å². The quantitative estimate of drug-likeness (QED) is 0.429. The number of sulfonamides is 1. The Kier molecular flexibility index (Phi) is 8.14. The molecule has 0 spiro atoms. The Morgan fingerprint density at radius 2 is 1.82 bits per heavy atom. The Balaban J connectivity index is 1.75. The molecule has 33 heavy (non-hydrogen) atoms. The fourth-order valence-electron chi connectivity index (χ4n) is 3.73. The van der Waals surface area contributed by atoms with Crippen molar-refractivity contribution in [2.75, 3.05) is 24.6 Å². The van der Waals surface area contributed by atoms with E-state index in [9.17, 15) is 22.8 Å². The van der Waals surface area contributed by atoms with Crippen LogP contribution in [0.5, 0.6) is 0 Å². The molecule has 0 aliphatic carbocycles. The summed E-state index contributed by atoms with van der Waals surface area (Å²) in [6.45, 7) is 3.16. The zero-order valence-electron chi connectivity index (χ0n) is 18.8. The van der Waals surface area contributed by atoms with E-state index >= 15 is 0 Å². The van der Waals surface area contributed by atoms with Crippen molar-refractivity contribution in [2.24, 2.45) is 7.05 Å². The van der Waals surface area contributed by atoms with E-state index in [0.29, 0.717) is 31.1 Å². The molecule has 0 saturated carbocycles. The van der Waals surface area contributed by atoms with Crippen LogP contribution in [-0.4, -0.2) is 51.5 Å². The third-order valence-electron chi connectivity index (χ3n) is 5.57. The highest BCUT2D eigenvalue weighted by Crippen LogP contribution is 2.23. The molecule has 3 heterocycles. The predicted molar refractivity (Wildman–Crippen MR) is 127 cm³/mol. The number of hydrogen-bond donors (Lipinski definition) is 1. The van der Waals surface area contributed by atoms with Crippen LogP contribution < -0.4 is 17.0 Å². The van der Waals surface area contributed by atoms with Gasteiger partial charge in [-0.3, -0.25) is 18.7 Å². The number of rotatable bonds is 8. The summed E-state index contributed by atoms with van der Waals surface area (Å²) in [5, 5.41) is 0.440. The summed E-state index contributed by atoms with van der Waals surface area (Å²) in [5.41, 5.74) is 4.47. The minimum atomic E-state index is -3.61. The zero-order valence-corrected chi connectivity index (χ0v) is 20.5. The summed E-state index contributed by atoms with van der Waals surface area (Å²) in [7, 11) is -2.29. The number of ketones is 1. The Morgan fingerprint density at radius 3 is 2.39 bits per heavy atom. The van der Waals surface area contributed by atoms with Crippen molar-refractivity contribution in [1.29, 1.82) is 0 Å². The highest BCUT2D eigenvalue weighted by Gasteiger charge is 2.26. The van der Waals surface area contributed by atoms with E-state index < -0.39 is 27.1 Å². The first-order valence-electron chi connectivity index (χ1n) is 10.9. The standard InChI is InChI=1S/C21H29N5O5S2/c1-3-10-26-19(22)18(20(28)24(2)21(26)29)16(27)14-32-17-9-8-15(13-23-17)33(30,31)25-11-6-4-5-7-12-25/h8-9,13H,3-7,10-12,14,22H2,1-2H3. The molecule has 2 aromatic rings. The Labute approximate surface area is 196 Å². The topological polar surface area (TPSA) is 137 Å². The van der Waals surface area contributed by atoms with Crippen LogP contribution in [0.1, 0.15) is 49.4 Å². The van der Waals surface area contributed by atoms with E-state index in [2.05, 4.69) is 4.98 Å². The van der Waals surface area contributed by atoms with Crippen LogP contribution in [0.25, 0.3) is 0 Å². The molecule has 0 bridgehead atoms. The van der Waals surface area contributed by atoms with Crippen LogP contribution in [0, 0.1) is 0 Å². The summed E-state index contributed by atoms with van der Waals surface area (Å²) >= 11 is 1.07. The summed E-state index contributed by atoms with van der Waals surface area (Å²) in [6.07, 6.45) is 5.64. The molecule has 0 radical (unpaired) electrons. The first kappa shape index (κ1) is 25.2. The second kappa shape index (κ2) is 10.7. The number of carbonyl (C=O) groups excluding carboxylic acids is 1. The van der Waals surface area contributed by atoms with Crippen LogP contribution in [0.2, 0.25) is 0 Å². The second-order valence-corrected chi connectivity index (χ2v) is 10.9. The molecule has 2 aromatic heterocycles. The van der Waals surface area contributed by atoms with Gasteiger partial charge in [-0.1, -0.05) is 31.5 Å². The number of nitrogens with two attached hydrogens (primary N) is 1. The Bertz CT molecular complexity index is 1230. The average Bonchev–Trinajstić information content (AvgIpc) is 3.10. The molecule has 1 saturated heterocycles. The van der Waals surface area contributed by atoms with Gasteiger partial charge < -0.3 is 5.73 Å². The maximum Gasteiger partial charge on any atom is 0.332 e. The number of pyridine rings is 1. The number of aromatic nitrogens is 3. The third kappa shape index (κ3) is 5.39. The van der Waals surface area contributed by atoms with Crippen molar-refractivity contribution in [3.63, 3.8) is 0 Å². The van der Waals surface area contributed by atoms with E-state index in [0.717, 1.165) is 42.0 Å². The molecular weight excluding hydrogens is 466 g/mol. The Hall–Kier alpha value is -2.44. The highest BCUT2D eigenvalue weighted by atomic mass is 32.2. The molecule has 0 atom stereocenters. The summed E-state index contributed by atoms with van der Waals surface area (Å²) < 4.78 is 29.3. The van der Waals surface area contributed by atoms with Crippen LogP contribution in [-0.2, 0) is 23.6 Å². The molecule has 1 aliphatic heterocycles. The Morgan fingerprint density at radius 1 is 1.15 bits per heavy atom. The lowest BCUT2D eigenvalue weighted by Crippen LogP contribution is -2.42. The van der Waals surface area contributed by atoms with Crippen LogP contribution in [0.15, 0.2) is 37.8 Å². The second-order valence-electron chi connectivity index (χ2n) is 7.92. The summed E-state index contributed by atoms with van der Waals surface area (Å²) in [6, 6.07) is 3.02. The lowest BCUT2D eigenvalue weighted by Gasteiger charge is -2.19. The molecule has 0 unspecified atom stereocenters. The minimum Gasteiger partial charge on any atom is -0.384 e. The van der Waals surface area contributed by atoms with Gasteiger partial charge in [-0.05, 0) is 31.4 Å². The average molecular weight is 496 g/mol. The molecule has 3 rings (SSSR count). The monoisotopic (exact) mass is 495 g/mol. The summed E-state index contributed by atoms with van der Waals surface area (Å²) in [4.78, 5) is 41.9. The SMILES string of the molecule is CCCn1c(N)c(C(=O)CSc2ccc(S(=O)(=O)N3CCCCCC3)cn2)c(=O)n(C)c1=O. The van der Waals surface area contributed by atoms with E-state index in [1.54, 1.807) is 6.07 Å². The van der Waals surface area contributed by atoms with Crippen molar-refractivity contribution in [3.8, 4) is 0 Å². The molecule has 10 nitrogen and oxygen atoms in total. The van der Waals surface area contributed by atoms with Crippen molar-refractivity contribution in [1.82, 2.24) is 18.4 Å². The number of hydrogen-bond acceptors (Lipinski definition) is 8. The summed E-state index contributed by atoms with van der Waals surface area (Å²) in [5.74, 6) is -0.789. The van der Waals surface area contributed by atoms with Gasteiger partial charge in [-0.2, -0.15) is 4.31 Å². The molecule has 0 amide bonds. The maximum atomic E-state index is 12.9. The van der Waals surface area contributed by atoms with Gasteiger partial charge >= 0.3 is 5.69 Å². The molecule has 180 valence electrons.